The van der Waals surface area contributed by atoms with E-state index in [1.165, 1.54) is 18.2 Å². The fourth-order valence-corrected chi connectivity index (χ4v) is 2.94. The molecule has 1 aromatic heterocycles. The number of nitrogens with zero attached hydrogens (tertiary/aromatic N) is 3. The topological polar surface area (TPSA) is 59.8 Å². The van der Waals surface area contributed by atoms with Crippen LogP contribution in [-0.4, -0.2) is 26.7 Å². The van der Waals surface area contributed by atoms with Crippen LogP contribution in [0.4, 0.5) is 14.5 Å². The SMILES string of the molecule is O=C(/C=C/c1cn(Cc2ccccc2)nn1)Nc1ccccc1SC(F)F. The molecule has 0 saturated carbocycles. The molecule has 0 atom stereocenters. The molecular formula is C19H16F2N4OS. The number of para-hydroxylation sites is 1. The summed E-state index contributed by atoms with van der Waals surface area (Å²) in [6.07, 6.45) is 4.53. The molecule has 1 heterocycles. The molecule has 138 valence electrons. The van der Waals surface area contributed by atoms with Crippen molar-refractivity contribution in [3.8, 4) is 0 Å². The lowest BCUT2D eigenvalue weighted by Gasteiger charge is -2.08. The first kappa shape index (κ1) is 18.8. The van der Waals surface area contributed by atoms with Crippen LogP contribution in [0, 0.1) is 0 Å². The maximum Gasteiger partial charge on any atom is 0.288 e. The summed E-state index contributed by atoms with van der Waals surface area (Å²) in [7, 11) is 0. The van der Waals surface area contributed by atoms with Gasteiger partial charge in [-0.1, -0.05) is 59.4 Å². The van der Waals surface area contributed by atoms with Gasteiger partial charge in [0, 0.05) is 11.0 Å². The molecule has 0 aliphatic heterocycles. The molecule has 0 unspecified atom stereocenters. The van der Waals surface area contributed by atoms with Crippen LogP contribution < -0.4 is 5.32 Å². The molecule has 8 heteroatoms. The summed E-state index contributed by atoms with van der Waals surface area (Å²) in [5, 5.41) is 10.6. The van der Waals surface area contributed by atoms with E-state index in [-0.39, 0.29) is 0 Å². The number of carbonyl (C=O) groups excluding carboxylic acids is 1. The fourth-order valence-electron chi connectivity index (χ4n) is 2.34. The number of amides is 1. The Balaban J connectivity index is 1.61. The molecule has 0 bridgehead atoms. The van der Waals surface area contributed by atoms with Gasteiger partial charge in [-0.05, 0) is 23.8 Å². The zero-order valence-electron chi connectivity index (χ0n) is 14.1. The molecule has 3 aromatic rings. The number of rotatable bonds is 7. The second-order valence-corrected chi connectivity index (χ2v) is 6.56. The Hall–Kier alpha value is -3.00. The predicted molar refractivity (Wildman–Crippen MR) is 102 cm³/mol. The third kappa shape index (κ3) is 5.75. The number of halogens is 2. The van der Waals surface area contributed by atoms with E-state index < -0.39 is 11.7 Å². The quantitative estimate of drug-likeness (QED) is 0.486. The second kappa shape index (κ2) is 9.09. The van der Waals surface area contributed by atoms with Crippen molar-refractivity contribution in [1.82, 2.24) is 15.0 Å². The van der Waals surface area contributed by atoms with Crippen LogP contribution in [-0.2, 0) is 11.3 Å². The summed E-state index contributed by atoms with van der Waals surface area (Å²) < 4.78 is 26.8. The minimum atomic E-state index is -2.56. The molecule has 0 radical (unpaired) electrons. The third-order valence-corrected chi connectivity index (χ3v) is 4.30. The van der Waals surface area contributed by atoms with Gasteiger partial charge >= 0.3 is 0 Å². The van der Waals surface area contributed by atoms with Gasteiger partial charge in [0.1, 0.15) is 5.69 Å². The Morgan fingerprint density at radius 3 is 2.67 bits per heavy atom. The first-order chi connectivity index (χ1) is 13.1. The molecule has 0 aliphatic rings. The maximum absolute atomic E-state index is 12.6. The van der Waals surface area contributed by atoms with Crippen molar-refractivity contribution in [1.29, 1.82) is 0 Å². The first-order valence-corrected chi connectivity index (χ1v) is 8.95. The van der Waals surface area contributed by atoms with Crippen molar-refractivity contribution in [3.05, 3.63) is 78.1 Å². The summed E-state index contributed by atoms with van der Waals surface area (Å²) in [6.45, 7) is 0.575. The lowest BCUT2D eigenvalue weighted by Crippen LogP contribution is -2.08. The van der Waals surface area contributed by atoms with Crippen molar-refractivity contribution < 1.29 is 13.6 Å². The number of benzene rings is 2. The number of thioether (sulfide) groups is 1. The van der Waals surface area contributed by atoms with Gasteiger partial charge in [0.15, 0.2) is 0 Å². The molecule has 0 fully saturated rings. The van der Waals surface area contributed by atoms with Gasteiger partial charge in [0.25, 0.3) is 5.76 Å². The third-order valence-electron chi connectivity index (χ3n) is 3.51. The molecule has 5 nitrogen and oxygen atoms in total. The van der Waals surface area contributed by atoms with Crippen LogP contribution in [0.15, 0.2) is 71.8 Å². The summed E-state index contributed by atoms with van der Waals surface area (Å²) >= 11 is 0.388. The van der Waals surface area contributed by atoms with Gasteiger partial charge in [0.05, 0.1) is 18.4 Å². The van der Waals surface area contributed by atoms with E-state index in [0.29, 0.717) is 34.6 Å². The van der Waals surface area contributed by atoms with Crippen molar-refractivity contribution in [3.63, 3.8) is 0 Å². The standard InChI is InChI=1S/C19H16F2N4OS/c20-19(21)27-17-9-5-4-8-16(17)22-18(26)11-10-15-13-25(24-23-15)12-14-6-2-1-3-7-14/h1-11,13,19H,12H2,(H,22,26)/b11-10+. The summed E-state index contributed by atoms with van der Waals surface area (Å²) in [5.74, 6) is -2.99. The lowest BCUT2D eigenvalue weighted by molar-refractivity contribution is -0.111. The van der Waals surface area contributed by atoms with E-state index in [4.69, 9.17) is 0 Å². The smallest absolute Gasteiger partial charge is 0.288 e. The Kier molecular flexibility index (Phi) is 6.32. The number of anilines is 1. The fraction of sp³-hybridized carbons (Fsp3) is 0.105. The number of hydrogen-bond acceptors (Lipinski definition) is 4. The highest BCUT2D eigenvalue weighted by atomic mass is 32.2. The normalized spacial score (nSPS) is 11.2. The molecular weight excluding hydrogens is 370 g/mol. The van der Waals surface area contributed by atoms with E-state index in [9.17, 15) is 13.6 Å². The average Bonchev–Trinajstić information content (AvgIpc) is 3.09. The van der Waals surface area contributed by atoms with Crippen LogP contribution in [0.3, 0.4) is 0 Å². The van der Waals surface area contributed by atoms with Gasteiger partial charge < -0.3 is 5.32 Å². The molecule has 27 heavy (non-hydrogen) atoms. The van der Waals surface area contributed by atoms with Gasteiger partial charge in [-0.25, -0.2) is 4.68 Å². The van der Waals surface area contributed by atoms with Crippen molar-refractivity contribution in [2.75, 3.05) is 5.32 Å². The molecule has 2 aromatic carbocycles. The van der Waals surface area contributed by atoms with E-state index in [1.807, 2.05) is 30.3 Å². The Labute approximate surface area is 159 Å². The monoisotopic (exact) mass is 386 g/mol. The average molecular weight is 386 g/mol. The van der Waals surface area contributed by atoms with E-state index in [2.05, 4.69) is 15.6 Å². The van der Waals surface area contributed by atoms with Crippen LogP contribution >= 0.6 is 11.8 Å². The van der Waals surface area contributed by atoms with Crippen LogP contribution in [0.1, 0.15) is 11.3 Å². The minimum Gasteiger partial charge on any atom is -0.321 e. The van der Waals surface area contributed by atoms with E-state index in [1.54, 1.807) is 29.1 Å². The Bertz CT molecular complexity index is 928. The Morgan fingerprint density at radius 1 is 1.15 bits per heavy atom. The first-order valence-electron chi connectivity index (χ1n) is 8.07. The second-order valence-electron chi connectivity index (χ2n) is 5.52. The van der Waals surface area contributed by atoms with Gasteiger partial charge in [0.2, 0.25) is 5.91 Å². The van der Waals surface area contributed by atoms with E-state index in [0.717, 1.165) is 5.56 Å². The lowest BCUT2D eigenvalue weighted by atomic mass is 10.2. The van der Waals surface area contributed by atoms with Crippen molar-refractivity contribution >= 4 is 29.4 Å². The van der Waals surface area contributed by atoms with E-state index >= 15 is 0 Å². The van der Waals surface area contributed by atoms with Gasteiger partial charge in [-0.2, -0.15) is 8.78 Å². The Morgan fingerprint density at radius 2 is 1.89 bits per heavy atom. The number of carbonyl (C=O) groups is 1. The van der Waals surface area contributed by atoms with Gasteiger partial charge in [-0.3, -0.25) is 4.79 Å². The summed E-state index contributed by atoms with van der Waals surface area (Å²) in [5.41, 5.74) is 1.95. The van der Waals surface area contributed by atoms with Crippen molar-refractivity contribution in [2.45, 2.75) is 17.2 Å². The highest BCUT2D eigenvalue weighted by Gasteiger charge is 2.10. The maximum atomic E-state index is 12.6. The highest BCUT2D eigenvalue weighted by Crippen LogP contribution is 2.31. The van der Waals surface area contributed by atoms with Crippen LogP contribution in [0.2, 0.25) is 0 Å². The summed E-state index contributed by atoms with van der Waals surface area (Å²) in [4.78, 5) is 12.4. The number of aromatic nitrogens is 3. The highest BCUT2D eigenvalue weighted by molar-refractivity contribution is 7.99. The molecule has 0 spiro atoms. The molecule has 0 aliphatic carbocycles. The summed E-state index contributed by atoms with van der Waals surface area (Å²) in [6, 6.07) is 16.2. The largest absolute Gasteiger partial charge is 0.321 e. The zero-order valence-corrected chi connectivity index (χ0v) is 14.9. The molecule has 1 N–H and O–H groups in total. The van der Waals surface area contributed by atoms with Gasteiger partial charge in [-0.15, -0.1) is 5.10 Å². The van der Waals surface area contributed by atoms with Crippen LogP contribution in [0.25, 0.3) is 6.08 Å². The predicted octanol–water partition coefficient (Wildman–Crippen LogP) is 4.29. The molecule has 3 rings (SSSR count). The van der Waals surface area contributed by atoms with Crippen molar-refractivity contribution in [2.24, 2.45) is 0 Å². The minimum absolute atomic E-state index is 0.308. The number of nitrogens with one attached hydrogen (secondary N) is 1. The molecule has 0 saturated heterocycles. The zero-order chi connectivity index (χ0) is 19.1. The number of hydrogen-bond donors (Lipinski definition) is 1. The van der Waals surface area contributed by atoms with Crippen LogP contribution in [0.5, 0.6) is 0 Å². The molecule has 1 amide bonds. The number of alkyl halides is 2.